The minimum Gasteiger partial charge on any atom is -0.321 e. The first-order valence-corrected chi connectivity index (χ1v) is 7.01. The first-order valence-electron chi connectivity index (χ1n) is 6.07. The highest BCUT2D eigenvalue weighted by Crippen LogP contribution is 2.47. The van der Waals surface area contributed by atoms with Crippen molar-refractivity contribution in [2.24, 2.45) is 11.1 Å². The summed E-state index contributed by atoms with van der Waals surface area (Å²) in [6, 6.07) is 0. The fraction of sp³-hybridized carbons (Fsp3) is 0.692. The second-order valence-corrected chi connectivity index (χ2v) is 6.76. The molecule has 102 valence electrons. The van der Waals surface area contributed by atoms with E-state index in [1.54, 1.807) is 5.38 Å². The molecule has 0 unspecified atom stereocenters. The molecule has 0 bridgehead atoms. The van der Waals surface area contributed by atoms with Gasteiger partial charge in [0.25, 0.3) is 0 Å². The molecule has 1 aromatic heterocycles. The van der Waals surface area contributed by atoms with E-state index in [-0.39, 0.29) is 11.0 Å². The first-order chi connectivity index (χ1) is 8.14. The number of hydrogen-bond acceptors (Lipinski definition) is 2. The average Bonchev–Trinajstić information content (AvgIpc) is 2.72. The van der Waals surface area contributed by atoms with Gasteiger partial charge < -0.3 is 5.73 Å². The lowest BCUT2D eigenvalue weighted by atomic mass is 9.67. The Morgan fingerprint density at radius 1 is 1.11 bits per heavy atom. The summed E-state index contributed by atoms with van der Waals surface area (Å²) in [4.78, 5) is 0. The van der Waals surface area contributed by atoms with E-state index in [1.807, 2.05) is 0 Å². The van der Waals surface area contributed by atoms with Crippen molar-refractivity contribution >= 4 is 11.3 Å². The lowest BCUT2D eigenvalue weighted by molar-refractivity contribution is -0.138. The lowest BCUT2D eigenvalue weighted by Gasteiger charge is -2.41. The molecule has 1 fully saturated rings. The van der Waals surface area contributed by atoms with Crippen molar-refractivity contribution in [2.75, 3.05) is 0 Å². The highest BCUT2D eigenvalue weighted by molar-refractivity contribution is 7.08. The van der Waals surface area contributed by atoms with Crippen molar-refractivity contribution in [3.8, 4) is 0 Å². The summed E-state index contributed by atoms with van der Waals surface area (Å²) >= 11 is 1.09. The van der Waals surface area contributed by atoms with Crippen LogP contribution in [0.5, 0.6) is 0 Å². The molecule has 1 saturated carbocycles. The minimum atomic E-state index is -4.30. The number of alkyl halides is 3. The minimum absolute atomic E-state index is 0.192. The largest absolute Gasteiger partial charge is 0.417 e. The Morgan fingerprint density at radius 2 is 1.67 bits per heavy atom. The normalized spacial score (nSPS) is 23.0. The van der Waals surface area contributed by atoms with Crippen LogP contribution in [0.4, 0.5) is 13.2 Å². The summed E-state index contributed by atoms with van der Waals surface area (Å²) < 4.78 is 38.7. The third kappa shape index (κ3) is 2.57. The quantitative estimate of drug-likeness (QED) is 0.802. The van der Waals surface area contributed by atoms with E-state index in [4.69, 9.17) is 5.73 Å². The van der Waals surface area contributed by atoms with Crippen LogP contribution in [0.3, 0.4) is 0 Å². The van der Waals surface area contributed by atoms with E-state index in [9.17, 15) is 13.2 Å². The molecule has 1 aliphatic rings. The highest BCUT2D eigenvalue weighted by atomic mass is 32.1. The molecule has 0 amide bonds. The molecule has 2 rings (SSSR count). The molecular formula is C13H18F3NS. The van der Waals surface area contributed by atoms with Crippen LogP contribution >= 0.6 is 11.3 Å². The van der Waals surface area contributed by atoms with Crippen LogP contribution in [0.1, 0.15) is 50.7 Å². The van der Waals surface area contributed by atoms with Gasteiger partial charge >= 0.3 is 6.18 Å². The number of rotatable bonds is 1. The molecule has 1 aliphatic carbocycles. The van der Waals surface area contributed by atoms with Crippen LogP contribution < -0.4 is 5.73 Å². The predicted molar refractivity (Wildman–Crippen MR) is 67.4 cm³/mol. The second-order valence-electron chi connectivity index (χ2n) is 6.02. The van der Waals surface area contributed by atoms with Gasteiger partial charge in [0.1, 0.15) is 0 Å². The topological polar surface area (TPSA) is 26.0 Å². The van der Waals surface area contributed by atoms with Crippen molar-refractivity contribution in [3.05, 3.63) is 21.9 Å². The Labute approximate surface area is 109 Å². The van der Waals surface area contributed by atoms with E-state index in [0.29, 0.717) is 12.8 Å². The van der Waals surface area contributed by atoms with Gasteiger partial charge in [0.15, 0.2) is 0 Å². The van der Waals surface area contributed by atoms with Gasteiger partial charge in [-0.2, -0.15) is 24.5 Å². The van der Waals surface area contributed by atoms with E-state index in [0.717, 1.165) is 24.2 Å². The fourth-order valence-corrected chi connectivity index (χ4v) is 3.51. The van der Waals surface area contributed by atoms with Crippen molar-refractivity contribution in [1.82, 2.24) is 0 Å². The zero-order chi connectivity index (χ0) is 13.6. The van der Waals surface area contributed by atoms with Crippen LogP contribution in [0.2, 0.25) is 0 Å². The predicted octanol–water partition coefficient (Wildman–Crippen LogP) is 4.52. The van der Waals surface area contributed by atoms with E-state index in [2.05, 4.69) is 13.8 Å². The molecule has 18 heavy (non-hydrogen) atoms. The average molecular weight is 277 g/mol. The number of hydrogen-bond donors (Lipinski definition) is 1. The van der Waals surface area contributed by atoms with Gasteiger partial charge in [0.05, 0.1) is 5.56 Å². The SMILES string of the molecule is CC1(C)CCC(N)(c2cscc2C(F)(F)F)CC1. The van der Waals surface area contributed by atoms with Gasteiger partial charge in [-0.3, -0.25) is 0 Å². The number of halogens is 3. The third-order valence-corrected chi connectivity index (χ3v) is 4.74. The molecule has 2 N–H and O–H groups in total. The van der Waals surface area contributed by atoms with Crippen LogP contribution in [-0.4, -0.2) is 0 Å². The number of nitrogens with two attached hydrogens (primary N) is 1. The Balaban J connectivity index is 2.30. The zero-order valence-corrected chi connectivity index (χ0v) is 11.4. The zero-order valence-electron chi connectivity index (χ0n) is 10.6. The molecule has 0 radical (unpaired) electrons. The summed E-state index contributed by atoms with van der Waals surface area (Å²) in [5.74, 6) is 0. The molecule has 0 saturated heterocycles. The Bertz CT molecular complexity index is 424. The highest BCUT2D eigenvalue weighted by Gasteiger charge is 2.43. The molecule has 1 nitrogen and oxygen atoms in total. The van der Waals surface area contributed by atoms with Crippen LogP contribution in [0.25, 0.3) is 0 Å². The van der Waals surface area contributed by atoms with E-state index >= 15 is 0 Å². The Morgan fingerprint density at radius 3 is 2.17 bits per heavy atom. The van der Waals surface area contributed by atoms with Gasteiger partial charge in [-0.15, -0.1) is 0 Å². The van der Waals surface area contributed by atoms with Gasteiger partial charge in [0.2, 0.25) is 0 Å². The summed E-state index contributed by atoms with van der Waals surface area (Å²) in [6.45, 7) is 4.29. The molecule has 5 heteroatoms. The molecule has 0 atom stereocenters. The third-order valence-electron chi connectivity index (χ3n) is 4.00. The van der Waals surface area contributed by atoms with Crippen molar-refractivity contribution in [1.29, 1.82) is 0 Å². The van der Waals surface area contributed by atoms with Crippen molar-refractivity contribution in [2.45, 2.75) is 51.2 Å². The molecule has 0 aliphatic heterocycles. The smallest absolute Gasteiger partial charge is 0.321 e. The van der Waals surface area contributed by atoms with E-state index in [1.165, 1.54) is 5.38 Å². The van der Waals surface area contributed by atoms with Crippen molar-refractivity contribution < 1.29 is 13.2 Å². The van der Waals surface area contributed by atoms with Crippen LogP contribution in [0, 0.1) is 5.41 Å². The molecule has 0 aromatic carbocycles. The lowest BCUT2D eigenvalue weighted by Crippen LogP contribution is -2.43. The fourth-order valence-electron chi connectivity index (χ4n) is 2.54. The maximum Gasteiger partial charge on any atom is 0.417 e. The summed E-state index contributed by atoms with van der Waals surface area (Å²) in [5.41, 5.74) is 5.38. The van der Waals surface area contributed by atoms with Gasteiger partial charge in [0, 0.05) is 10.9 Å². The van der Waals surface area contributed by atoms with Gasteiger partial charge in [-0.1, -0.05) is 13.8 Å². The van der Waals surface area contributed by atoms with Gasteiger partial charge in [-0.25, -0.2) is 0 Å². The maximum absolute atomic E-state index is 12.9. The van der Waals surface area contributed by atoms with Crippen LogP contribution in [-0.2, 0) is 11.7 Å². The summed E-state index contributed by atoms with van der Waals surface area (Å²) in [5, 5.41) is 2.74. The summed E-state index contributed by atoms with van der Waals surface area (Å²) in [6.07, 6.45) is -1.30. The van der Waals surface area contributed by atoms with Crippen molar-refractivity contribution in [3.63, 3.8) is 0 Å². The monoisotopic (exact) mass is 277 g/mol. The second kappa shape index (κ2) is 4.23. The first kappa shape index (κ1) is 13.9. The Kier molecular flexibility index (Phi) is 3.26. The van der Waals surface area contributed by atoms with E-state index < -0.39 is 17.3 Å². The van der Waals surface area contributed by atoms with Crippen LogP contribution in [0.15, 0.2) is 10.8 Å². The molecule has 0 spiro atoms. The standard InChI is InChI=1S/C13H18F3NS/c1-11(2)3-5-12(17,6-4-11)9-7-18-8-10(9)13(14,15)16/h7-8H,3-6,17H2,1-2H3. The molecular weight excluding hydrogens is 259 g/mol. The Hall–Kier alpha value is -0.550. The number of thiophene rings is 1. The molecule has 1 aromatic rings. The molecule has 1 heterocycles. The maximum atomic E-state index is 12.9. The van der Waals surface area contributed by atoms with Gasteiger partial charge in [-0.05, 0) is 42.0 Å². The summed E-state index contributed by atoms with van der Waals surface area (Å²) in [7, 11) is 0.